The molecule has 0 spiro atoms. The molecule has 0 aliphatic heterocycles. The number of fused-ring (bicyclic) bond motifs is 1. The maximum Gasteiger partial charge on any atom is 0.326 e. The van der Waals surface area contributed by atoms with Gasteiger partial charge in [-0.1, -0.05) is 32.0 Å². The van der Waals surface area contributed by atoms with Gasteiger partial charge in [0.05, 0.1) is 12.5 Å². The molecule has 1 aromatic carbocycles. The summed E-state index contributed by atoms with van der Waals surface area (Å²) in [6, 6.07) is 1.71. The summed E-state index contributed by atoms with van der Waals surface area (Å²) in [6.45, 7) is 3.18. The minimum Gasteiger partial charge on any atom is -0.481 e. The van der Waals surface area contributed by atoms with E-state index in [9.17, 15) is 39.0 Å². The van der Waals surface area contributed by atoms with E-state index in [1.807, 2.05) is 18.2 Å². The molecule has 0 aliphatic carbocycles. The highest BCUT2D eigenvalue weighted by atomic mass is 16.4. The van der Waals surface area contributed by atoms with Crippen LogP contribution < -0.4 is 21.7 Å². The van der Waals surface area contributed by atoms with Crippen molar-refractivity contribution in [3.8, 4) is 0 Å². The summed E-state index contributed by atoms with van der Waals surface area (Å²) < 4.78 is 0. The Balaban J connectivity index is 2.14. The lowest BCUT2D eigenvalue weighted by Crippen LogP contribution is -2.59. The summed E-state index contributed by atoms with van der Waals surface area (Å²) >= 11 is 0. The highest BCUT2D eigenvalue weighted by molar-refractivity contribution is 5.96. The molecule has 1 aromatic heterocycles. The maximum absolute atomic E-state index is 13.1. The van der Waals surface area contributed by atoms with Gasteiger partial charge in [-0.2, -0.15) is 0 Å². The number of aromatic nitrogens is 1. The standard InChI is InChI=1S/C25H33N5O9/c1-12(2)21(30-23(36)17(10-20(33)34)28-22(35)15(26)7-8-19(31)32)24(37)29-18(25(38)39)9-13-11-27-16-6-4-3-5-14(13)16/h3-6,11-12,15,17-18,21,27H,7-10,26H2,1-2H3,(H,28,35)(H,29,37)(H,30,36)(H,31,32)(H,33,34)(H,38,39). The lowest BCUT2D eigenvalue weighted by atomic mass is 10.0. The molecule has 0 fully saturated rings. The van der Waals surface area contributed by atoms with Crippen molar-refractivity contribution >= 4 is 46.5 Å². The molecule has 3 amide bonds. The molecule has 0 saturated carbocycles. The number of hydrogen-bond acceptors (Lipinski definition) is 7. The molecular formula is C25H33N5O9. The van der Waals surface area contributed by atoms with E-state index < -0.39 is 78.6 Å². The Morgan fingerprint density at radius 1 is 0.872 bits per heavy atom. The van der Waals surface area contributed by atoms with E-state index in [0.29, 0.717) is 5.56 Å². The van der Waals surface area contributed by atoms with Crippen LogP contribution in [0.4, 0.5) is 0 Å². The number of carbonyl (C=O) groups is 6. The van der Waals surface area contributed by atoms with Gasteiger partial charge in [-0.05, 0) is 24.0 Å². The Bertz CT molecular complexity index is 1230. The number of benzene rings is 1. The van der Waals surface area contributed by atoms with Crippen LogP contribution in [0.1, 0.15) is 38.7 Å². The van der Waals surface area contributed by atoms with Crippen molar-refractivity contribution in [3.63, 3.8) is 0 Å². The molecule has 9 N–H and O–H groups in total. The van der Waals surface area contributed by atoms with Crippen LogP contribution in [-0.2, 0) is 35.2 Å². The second-order valence-corrected chi connectivity index (χ2v) is 9.39. The van der Waals surface area contributed by atoms with Crippen molar-refractivity contribution in [2.24, 2.45) is 11.7 Å². The number of aromatic amines is 1. The lowest BCUT2D eigenvalue weighted by molar-refractivity contribution is -0.143. The van der Waals surface area contributed by atoms with Crippen molar-refractivity contribution < 1.29 is 44.1 Å². The normalized spacial score (nSPS) is 14.2. The summed E-state index contributed by atoms with van der Waals surface area (Å²) in [6.07, 6.45) is 0.106. The number of para-hydroxylation sites is 1. The van der Waals surface area contributed by atoms with E-state index >= 15 is 0 Å². The fraction of sp³-hybridized carbons (Fsp3) is 0.440. The molecule has 212 valence electrons. The second kappa shape index (κ2) is 13.9. The van der Waals surface area contributed by atoms with Crippen molar-refractivity contribution in [3.05, 3.63) is 36.0 Å². The van der Waals surface area contributed by atoms with Crippen molar-refractivity contribution in [2.75, 3.05) is 0 Å². The summed E-state index contributed by atoms with van der Waals surface area (Å²) in [5, 5.41) is 35.5. The van der Waals surface area contributed by atoms with Gasteiger partial charge in [0.15, 0.2) is 0 Å². The summed E-state index contributed by atoms with van der Waals surface area (Å²) in [7, 11) is 0. The van der Waals surface area contributed by atoms with Gasteiger partial charge < -0.3 is 42.0 Å². The zero-order chi connectivity index (χ0) is 29.3. The molecule has 0 bridgehead atoms. The first-order valence-corrected chi connectivity index (χ1v) is 12.2. The quantitative estimate of drug-likeness (QED) is 0.143. The van der Waals surface area contributed by atoms with Gasteiger partial charge >= 0.3 is 17.9 Å². The highest BCUT2D eigenvalue weighted by Gasteiger charge is 2.33. The van der Waals surface area contributed by atoms with Gasteiger partial charge in [-0.25, -0.2) is 4.79 Å². The molecule has 2 rings (SSSR count). The molecular weight excluding hydrogens is 514 g/mol. The van der Waals surface area contributed by atoms with E-state index in [2.05, 4.69) is 20.9 Å². The average Bonchev–Trinajstić information content (AvgIpc) is 3.26. The number of hydrogen-bond donors (Lipinski definition) is 8. The summed E-state index contributed by atoms with van der Waals surface area (Å²) in [4.78, 5) is 75.3. The summed E-state index contributed by atoms with van der Waals surface area (Å²) in [5.74, 6) is -7.21. The monoisotopic (exact) mass is 547 g/mol. The first-order valence-electron chi connectivity index (χ1n) is 12.2. The highest BCUT2D eigenvalue weighted by Crippen LogP contribution is 2.19. The number of aliphatic carboxylic acids is 3. The Morgan fingerprint density at radius 3 is 2.10 bits per heavy atom. The molecule has 39 heavy (non-hydrogen) atoms. The van der Waals surface area contributed by atoms with Crippen LogP contribution in [0.3, 0.4) is 0 Å². The zero-order valence-corrected chi connectivity index (χ0v) is 21.5. The first-order chi connectivity index (χ1) is 18.3. The minimum atomic E-state index is -1.62. The number of carboxylic acid groups (broad SMARTS) is 3. The van der Waals surface area contributed by atoms with Crippen LogP contribution in [0.2, 0.25) is 0 Å². The zero-order valence-electron chi connectivity index (χ0n) is 21.5. The van der Waals surface area contributed by atoms with Gasteiger partial charge in [0.25, 0.3) is 0 Å². The Kier molecular flexibility index (Phi) is 11.0. The Hall–Kier alpha value is -4.46. The van der Waals surface area contributed by atoms with Gasteiger partial charge in [-0.15, -0.1) is 0 Å². The Morgan fingerprint density at radius 2 is 1.51 bits per heavy atom. The number of carbonyl (C=O) groups excluding carboxylic acids is 3. The smallest absolute Gasteiger partial charge is 0.326 e. The van der Waals surface area contributed by atoms with E-state index in [-0.39, 0.29) is 12.8 Å². The third kappa shape index (κ3) is 9.10. The molecule has 14 heteroatoms. The minimum absolute atomic E-state index is 0.0459. The fourth-order valence-corrected chi connectivity index (χ4v) is 3.84. The lowest BCUT2D eigenvalue weighted by Gasteiger charge is -2.26. The van der Waals surface area contributed by atoms with E-state index in [0.717, 1.165) is 10.9 Å². The van der Waals surface area contributed by atoms with Crippen LogP contribution in [0.15, 0.2) is 30.5 Å². The van der Waals surface area contributed by atoms with Crippen LogP contribution in [0, 0.1) is 5.92 Å². The molecule has 1 heterocycles. The first kappa shape index (κ1) is 30.8. The molecule has 4 atom stereocenters. The van der Waals surface area contributed by atoms with E-state index in [1.165, 1.54) is 0 Å². The number of amides is 3. The van der Waals surface area contributed by atoms with E-state index in [1.54, 1.807) is 26.1 Å². The molecule has 0 radical (unpaired) electrons. The largest absolute Gasteiger partial charge is 0.481 e. The fourth-order valence-electron chi connectivity index (χ4n) is 3.84. The Labute approximate surface area is 223 Å². The number of rotatable bonds is 15. The number of H-pyrrole nitrogens is 1. The van der Waals surface area contributed by atoms with Crippen LogP contribution in [0.25, 0.3) is 10.9 Å². The number of nitrogens with one attached hydrogen (secondary N) is 4. The van der Waals surface area contributed by atoms with Crippen LogP contribution in [-0.4, -0.2) is 80.1 Å². The van der Waals surface area contributed by atoms with Gasteiger partial charge in [0.1, 0.15) is 18.1 Å². The average molecular weight is 548 g/mol. The maximum atomic E-state index is 13.1. The van der Waals surface area contributed by atoms with Gasteiger partial charge in [0, 0.05) is 29.9 Å². The second-order valence-electron chi connectivity index (χ2n) is 9.39. The molecule has 4 unspecified atom stereocenters. The molecule has 0 saturated heterocycles. The molecule has 2 aromatic rings. The van der Waals surface area contributed by atoms with Crippen molar-refractivity contribution in [1.29, 1.82) is 0 Å². The number of nitrogens with two attached hydrogens (primary N) is 1. The van der Waals surface area contributed by atoms with E-state index in [4.69, 9.17) is 10.8 Å². The topological polar surface area (TPSA) is 241 Å². The van der Waals surface area contributed by atoms with Gasteiger partial charge in [0.2, 0.25) is 17.7 Å². The van der Waals surface area contributed by atoms with Crippen LogP contribution >= 0.6 is 0 Å². The van der Waals surface area contributed by atoms with Crippen molar-refractivity contribution in [1.82, 2.24) is 20.9 Å². The predicted molar refractivity (Wildman–Crippen MR) is 137 cm³/mol. The third-order valence-electron chi connectivity index (χ3n) is 5.98. The SMILES string of the molecule is CC(C)C(NC(=O)C(CC(=O)O)NC(=O)C(N)CCC(=O)O)C(=O)NC(Cc1c[nH]c2ccccc12)C(=O)O. The van der Waals surface area contributed by atoms with Crippen LogP contribution in [0.5, 0.6) is 0 Å². The molecule has 14 nitrogen and oxygen atoms in total. The third-order valence-corrected chi connectivity index (χ3v) is 5.98. The molecule has 0 aliphatic rings. The van der Waals surface area contributed by atoms with Gasteiger partial charge in [-0.3, -0.25) is 24.0 Å². The van der Waals surface area contributed by atoms with Crippen molar-refractivity contribution in [2.45, 2.75) is 63.7 Å². The summed E-state index contributed by atoms with van der Waals surface area (Å²) in [5.41, 5.74) is 7.09. The number of carboxylic acids is 3. The predicted octanol–water partition coefficient (Wildman–Crippen LogP) is -0.428.